The molecule has 12 atom stereocenters. The number of benzene rings is 10. The van der Waals surface area contributed by atoms with Crippen LogP contribution in [-0.4, -0.2) is 251 Å². The Balaban J connectivity index is 0.000000127. The third-order valence-electron chi connectivity index (χ3n) is 29.6. The van der Waals surface area contributed by atoms with Crippen molar-refractivity contribution in [3.8, 4) is 44.5 Å². The summed E-state index contributed by atoms with van der Waals surface area (Å²) in [5, 5.41) is 22.3. The molecule has 724 valence electrons. The molecule has 8 saturated heterocycles. The molecule has 0 saturated carbocycles. The number of hydrogen-bond acceptors (Lipinski definition) is 17. The molecule has 12 aromatic rings. The highest BCUT2D eigenvalue weighted by Crippen LogP contribution is 2.49. The van der Waals surface area contributed by atoms with Gasteiger partial charge < -0.3 is 24.6 Å². The Morgan fingerprint density at radius 1 is 0.370 bits per heavy atom. The fourth-order valence-electron chi connectivity index (χ4n) is 22.6. The molecular formula is C113H130FN9O11S4. The van der Waals surface area contributed by atoms with Crippen LogP contribution in [-0.2, 0) is 39.5 Å². The van der Waals surface area contributed by atoms with E-state index in [9.17, 15) is 44.7 Å². The van der Waals surface area contributed by atoms with Crippen molar-refractivity contribution < 1.29 is 54.1 Å². The molecule has 10 aromatic carbocycles. The van der Waals surface area contributed by atoms with Gasteiger partial charge in [0.15, 0.2) is 0 Å². The molecule has 138 heavy (non-hydrogen) atoms. The number of pyridine rings is 1. The quantitative estimate of drug-likeness (QED) is 0.0683. The predicted molar refractivity (Wildman–Crippen MR) is 548 cm³/mol. The third-order valence-corrected chi connectivity index (χ3v) is 36.6. The molecule has 20 nitrogen and oxygen atoms in total. The van der Waals surface area contributed by atoms with Gasteiger partial charge in [0.1, 0.15) is 14.9 Å². The Kier molecular flexibility index (Phi) is 32.3. The van der Waals surface area contributed by atoms with E-state index >= 15 is 0 Å². The molecule has 20 rings (SSSR count). The van der Waals surface area contributed by atoms with Gasteiger partial charge in [0.05, 0.1) is 36.9 Å². The number of ether oxygens (including phenoxy) is 2. The van der Waals surface area contributed by atoms with Gasteiger partial charge in [-0.2, -0.15) is 12.9 Å². The fraction of sp³-hybridized carbons (Fsp3) is 0.381. The van der Waals surface area contributed by atoms with E-state index in [0.717, 1.165) is 106 Å². The average molecular weight is 1940 g/mol. The van der Waals surface area contributed by atoms with Gasteiger partial charge >= 0.3 is 0 Å². The summed E-state index contributed by atoms with van der Waals surface area (Å²) in [6.45, 7) is 19.8. The standard InChI is InChI=1S/C29H33FN2O3S.C29H34N2O3S.C28H31N3O2.C27H32N2O3S2/c1-21-8-7-9-24(18-21)22-12-14-23(15-13-22)29-26-19-31(16-5-6-17-32(26)27(29)20-35-2)36(33,34)28-11-4-3-10-25(28)30;1-21-7-5-9-25(17-21)23-11-13-24(14-12-23)29-27-19-30(15-3-4-16-31(27)28(29)20-32)35(33,34)26-10-6-8-22(2)18-26;1-20-6-4-7-23(16-20)21-9-11-22(12-10-21)27-25-18-30(28(33)24-8-5-13-29-17-24)14-2-3-15-31(25)26(27)19-32;1-20-7-5-8-23(17-20)21-10-12-22(13-11-21)27-24-18-28(34(30,31)26-9-6-16-33-26)14-3-4-15-29(24)25(27)19-32-2/h3-4,7-15,18,26-27,29H,5-6,16-17,19-20H2,1-2H3;5-14,17-18,27-29,32H,3-4,15-16,19-20H2,1-2H3;4-13,16-17,25-27,32H,2-3,14-15,18-19H2,1H3;5-13,16-17,24-25,27H,3-4,14-15,18-19H2,1-2H3/t26-,27-,29-;27-,28+,29-;25-,26-,27-;24-,25+,27-/m0010/s1. The summed E-state index contributed by atoms with van der Waals surface area (Å²) in [6.07, 6.45) is 10.6. The molecule has 0 unspecified atom stereocenters. The second-order valence-corrected chi connectivity index (χ2v) is 45.4. The molecular weight excluding hydrogens is 1810 g/mol. The lowest BCUT2D eigenvalue weighted by atomic mass is 9.74. The van der Waals surface area contributed by atoms with E-state index in [4.69, 9.17) is 9.47 Å². The van der Waals surface area contributed by atoms with Crippen LogP contribution in [0.5, 0.6) is 0 Å². The van der Waals surface area contributed by atoms with E-state index in [1.165, 1.54) is 106 Å². The molecule has 8 fully saturated rings. The van der Waals surface area contributed by atoms with Gasteiger partial charge in [-0.15, -0.1) is 11.3 Å². The number of halogens is 1. The predicted octanol–water partition coefficient (Wildman–Crippen LogP) is 18.8. The summed E-state index contributed by atoms with van der Waals surface area (Å²) in [5.41, 5.74) is 20.9. The second-order valence-electron chi connectivity index (χ2n) is 38.4. The number of aromatic nitrogens is 1. The van der Waals surface area contributed by atoms with Crippen LogP contribution in [0.15, 0.2) is 299 Å². The molecule has 8 aliphatic heterocycles. The van der Waals surface area contributed by atoms with Gasteiger partial charge in [0, 0.05) is 151 Å². The van der Waals surface area contributed by atoms with E-state index in [2.05, 4.69) is 246 Å². The Morgan fingerprint density at radius 3 is 1.09 bits per heavy atom. The third kappa shape index (κ3) is 21.8. The number of aliphatic hydroxyl groups excluding tert-OH is 2. The molecule has 0 aliphatic carbocycles. The first kappa shape index (κ1) is 99.4. The number of aryl methyl sites for hydroxylation is 5. The molecule has 0 bridgehead atoms. The number of fused-ring (bicyclic) bond motifs is 4. The summed E-state index contributed by atoms with van der Waals surface area (Å²) in [7, 11) is -7.52. The zero-order valence-corrected chi connectivity index (χ0v) is 83.4. The summed E-state index contributed by atoms with van der Waals surface area (Å²) in [4.78, 5) is 29.0. The Morgan fingerprint density at radius 2 is 0.725 bits per heavy atom. The summed E-state index contributed by atoms with van der Waals surface area (Å²) in [5.74, 6) is 0.0267. The monoisotopic (exact) mass is 1940 g/mol. The first-order valence-corrected chi connectivity index (χ1v) is 54.1. The number of sulfonamides is 3. The number of hydrogen-bond donors (Lipinski definition) is 2. The first-order chi connectivity index (χ1) is 66.9. The molecule has 1 amide bonds. The number of thiophene rings is 1. The van der Waals surface area contributed by atoms with Crippen LogP contribution < -0.4 is 0 Å². The van der Waals surface area contributed by atoms with Crippen LogP contribution in [0.3, 0.4) is 0 Å². The van der Waals surface area contributed by atoms with E-state index < -0.39 is 35.9 Å². The minimum Gasteiger partial charge on any atom is -0.395 e. The Bertz CT molecular complexity index is 6470. The van der Waals surface area contributed by atoms with E-state index in [1.54, 1.807) is 59.5 Å². The average Bonchev–Trinajstić information content (AvgIpc) is 0.818. The van der Waals surface area contributed by atoms with Crippen LogP contribution in [0.4, 0.5) is 4.39 Å². The lowest BCUT2D eigenvalue weighted by molar-refractivity contribution is -0.0635. The highest BCUT2D eigenvalue weighted by atomic mass is 32.2. The maximum absolute atomic E-state index is 14.5. The topological polar surface area (TPSA) is 217 Å². The molecule has 2 N–H and O–H groups in total. The zero-order valence-electron chi connectivity index (χ0n) is 80.1. The number of carbonyl (C=O) groups is 1. The number of methoxy groups -OCH3 is 2. The maximum Gasteiger partial charge on any atom is 0.255 e. The maximum atomic E-state index is 14.5. The van der Waals surface area contributed by atoms with Crippen molar-refractivity contribution in [3.63, 3.8) is 0 Å². The second kappa shape index (κ2) is 44.8. The first-order valence-electron chi connectivity index (χ1n) is 48.9. The Labute approximate surface area is 819 Å². The van der Waals surface area contributed by atoms with Crippen molar-refractivity contribution >= 4 is 47.3 Å². The fourth-order valence-corrected chi connectivity index (χ4v) is 28.4. The summed E-state index contributed by atoms with van der Waals surface area (Å²) < 4.78 is 112. The van der Waals surface area contributed by atoms with Gasteiger partial charge in [-0.1, -0.05) is 247 Å². The largest absolute Gasteiger partial charge is 0.395 e. The number of rotatable bonds is 21. The van der Waals surface area contributed by atoms with Crippen LogP contribution in [0.2, 0.25) is 0 Å². The minimum absolute atomic E-state index is 0.0109. The molecule has 8 aliphatic rings. The van der Waals surface area contributed by atoms with Crippen molar-refractivity contribution in [2.75, 3.05) is 119 Å². The summed E-state index contributed by atoms with van der Waals surface area (Å²) >= 11 is 1.30. The number of carbonyl (C=O) groups excluding carboxylic acids is 1. The van der Waals surface area contributed by atoms with E-state index in [-0.39, 0.29) is 96.0 Å². The van der Waals surface area contributed by atoms with Crippen LogP contribution in [0, 0.1) is 40.4 Å². The number of aliphatic hydroxyl groups is 2. The van der Waals surface area contributed by atoms with Gasteiger partial charge in [0.25, 0.3) is 15.9 Å². The highest BCUT2D eigenvalue weighted by molar-refractivity contribution is 7.91. The summed E-state index contributed by atoms with van der Waals surface area (Å²) in [6, 6.07) is 89.8. The van der Waals surface area contributed by atoms with E-state index in [0.29, 0.717) is 73.7 Å². The van der Waals surface area contributed by atoms with Crippen molar-refractivity contribution in [1.82, 2.24) is 42.4 Å². The molecule has 0 spiro atoms. The Hall–Kier alpha value is -10.1. The highest BCUT2D eigenvalue weighted by Gasteiger charge is 2.55. The van der Waals surface area contributed by atoms with Crippen LogP contribution >= 0.6 is 11.3 Å². The van der Waals surface area contributed by atoms with Crippen molar-refractivity contribution in [3.05, 3.63) is 346 Å². The smallest absolute Gasteiger partial charge is 0.255 e. The molecule has 25 heteroatoms. The zero-order chi connectivity index (χ0) is 96.4. The van der Waals surface area contributed by atoms with Crippen LogP contribution in [0.25, 0.3) is 44.5 Å². The number of nitrogens with zero attached hydrogens (tertiary/aromatic N) is 9. The van der Waals surface area contributed by atoms with E-state index in [1.807, 2.05) is 47.5 Å². The molecule has 10 heterocycles. The molecule has 2 aromatic heterocycles. The van der Waals surface area contributed by atoms with Gasteiger partial charge in [-0.3, -0.25) is 29.4 Å². The van der Waals surface area contributed by atoms with Gasteiger partial charge in [0.2, 0.25) is 20.0 Å². The van der Waals surface area contributed by atoms with Crippen molar-refractivity contribution in [2.45, 2.75) is 172 Å². The van der Waals surface area contributed by atoms with Crippen molar-refractivity contribution in [2.24, 2.45) is 0 Å². The SMILES string of the molecule is COC[C@@H]1[C@@H](c2ccc(-c3cccc(C)c3)cc2)[C@@H]2CN(S(=O)(=O)c3cccs3)CCCCN12.COC[C@H]1[C@@H](c2ccc(-c3cccc(C)c3)cc2)[C@@H]2CN(S(=O)(=O)c3ccccc3F)CCCCN12.Cc1cccc(-c2ccc([C@@H]3[C@@H](CO)N4CCCCN(S(=O)(=O)c5cccc(C)c5)C[C@@H]34)cc2)c1.Cc1cccc(-c2ccc([C@H]3[C@@H](CO)N4CCCCN(C(=O)c5cccnc5)C[C@H]34)cc2)c1. The lowest BCUT2D eigenvalue weighted by Gasteiger charge is -2.57. The van der Waals surface area contributed by atoms with Crippen LogP contribution in [0.1, 0.15) is 135 Å². The number of amides is 1. The van der Waals surface area contributed by atoms with Gasteiger partial charge in [-0.05, 0) is 232 Å². The minimum atomic E-state index is -3.94. The lowest BCUT2D eigenvalue weighted by Crippen LogP contribution is -2.68. The molecule has 0 radical (unpaired) electrons. The van der Waals surface area contributed by atoms with Crippen molar-refractivity contribution in [1.29, 1.82) is 0 Å². The normalized spacial score (nSPS) is 23.6. The van der Waals surface area contributed by atoms with Gasteiger partial charge in [-0.25, -0.2) is 29.6 Å².